The van der Waals surface area contributed by atoms with E-state index in [0.29, 0.717) is 23.4 Å². The quantitative estimate of drug-likeness (QED) is 0.349. The lowest BCUT2D eigenvalue weighted by molar-refractivity contribution is -0.212. The standard InChI is InChI=1S/C30H35F3N4O5/c1-16(2)25(35-28(40)24-17(3)36-42-18(24)4)29(41)37-13-7-10-23(37)27(39)34-22(26(38)30(31,32)33)15-19-11-12-20-8-5-6-9-21(20)14-19/h5-6,8-9,11-12,14,16,22-23,25-26,38H,7,10,13,15H2,1-4H3,(H,34,39)(H,35,40)/t22-,23-,25-,26-/m0/s1. The van der Waals surface area contributed by atoms with Gasteiger partial charge in [-0.3, -0.25) is 14.4 Å². The average molecular weight is 589 g/mol. The number of aliphatic hydroxyl groups is 1. The second-order valence-electron chi connectivity index (χ2n) is 11.1. The molecular formula is C30H35F3N4O5. The van der Waals surface area contributed by atoms with Gasteiger partial charge in [-0.15, -0.1) is 0 Å². The molecule has 2 heterocycles. The molecule has 1 fully saturated rings. The maximum atomic E-state index is 13.7. The molecule has 4 rings (SSSR count). The van der Waals surface area contributed by atoms with Crippen LogP contribution in [0.25, 0.3) is 10.8 Å². The fourth-order valence-electron chi connectivity index (χ4n) is 5.38. The number of nitrogens with one attached hydrogen (secondary N) is 2. The Morgan fingerprint density at radius 1 is 1.10 bits per heavy atom. The molecule has 12 heteroatoms. The van der Waals surface area contributed by atoms with Crippen LogP contribution in [-0.2, 0) is 16.0 Å². The number of hydrogen-bond acceptors (Lipinski definition) is 6. The number of aliphatic hydroxyl groups excluding tert-OH is 1. The molecule has 0 radical (unpaired) electrons. The van der Waals surface area contributed by atoms with E-state index in [0.717, 1.165) is 10.8 Å². The Labute approximate surface area is 241 Å². The average Bonchev–Trinajstić information content (AvgIpc) is 3.56. The van der Waals surface area contributed by atoms with Gasteiger partial charge in [0.1, 0.15) is 23.4 Å². The lowest BCUT2D eigenvalue weighted by atomic mass is 9.97. The summed E-state index contributed by atoms with van der Waals surface area (Å²) in [5, 5.41) is 20.8. The molecule has 1 aliphatic heterocycles. The predicted octanol–water partition coefficient (Wildman–Crippen LogP) is 3.84. The molecule has 9 nitrogen and oxygen atoms in total. The van der Waals surface area contributed by atoms with Gasteiger partial charge in [0.25, 0.3) is 5.91 Å². The highest BCUT2D eigenvalue weighted by molar-refractivity contribution is 6.00. The van der Waals surface area contributed by atoms with E-state index in [4.69, 9.17) is 4.52 Å². The number of amides is 3. The summed E-state index contributed by atoms with van der Waals surface area (Å²) >= 11 is 0. The molecule has 3 N–H and O–H groups in total. The number of likely N-dealkylation sites (tertiary alicyclic amines) is 1. The molecule has 42 heavy (non-hydrogen) atoms. The lowest BCUT2D eigenvalue weighted by Crippen LogP contribution is -2.58. The Morgan fingerprint density at radius 2 is 1.79 bits per heavy atom. The highest BCUT2D eigenvalue weighted by Gasteiger charge is 2.46. The van der Waals surface area contributed by atoms with Gasteiger partial charge in [-0.2, -0.15) is 13.2 Å². The molecule has 0 saturated carbocycles. The molecule has 226 valence electrons. The van der Waals surface area contributed by atoms with E-state index in [1.165, 1.54) is 4.90 Å². The molecule has 2 aromatic carbocycles. The Hall–Kier alpha value is -3.93. The van der Waals surface area contributed by atoms with E-state index in [9.17, 15) is 32.7 Å². The van der Waals surface area contributed by atoms with Gasteiger partial charge in [0.05, 0.1) is 11.7 Å². The minimum atomic E-state index is -4.98. The molecule has 0 unspecified atom stereocenters. The summed E-state index contributed by atoms with van der Waals surface area (Å²) in [4.78, 5) is 41.3. The first-order valence-electron chi connectivity index (χ1n) is 13.8. The molecule has 1 aliphatic rings. The van der Waals surface area contributed by atoms with Crippen LogP contribution < -0.4 is 10.6 Å². The Morgan fingerprint density at radius 3 is 2.40 bits per heavy atom. The summed E-state index contributed by atoms with van der Waals surface area (Å²) in [5.41, 5.74) is 1.07. The molecule has 4 atom stereocenters. The number of alkyl halides is 3. The lowest BCUT2D eigenvalue weighted by Gasteiger charge is -2.32. The fraction of sp³-hybridized carbons (Fsp3) is 0.467. The molecular weight excluding hydrogens is 553 g/mol. The first-order valence-corrected chi connectivity index (χ1v) is 13.8. The van der Waals surface area contributed by atoms with Crippen LogP contribution in [0, 0.1) is 19.8 Å². The summed E-state index contributed by atoms with van der Waals surface area (Å²) < 4.78 is 46.0. The highest BCUT2D eigenvalue weighted by atomic mass is 19.4. The molecule has 0 spiro atoms. The van der Waals surface area contributed by atoms with Crippen molar-refractivity contribution in [2.45, 2.75) is 77.4 Å². The molecule has 0 aliphatic carbocycles. The maximum Gasteiger partial charge on any atom is 0.416 e. The Bertz CT molecular complexity index is 1430. The van der Waals surface area contributed by atoms with Crippen molar-refractivity contribution in [3.8, 4) is 0 Å². The first kappa shape index (κ1) is 31.0. The zero-order valence-electron chi connectivity index (χ0n) is 23.9. The maximum absolute atomic E-state index is 13.7. The van der Waals surface area contributed by atoms with E-state index in [1.54, 1.807) is 45.9 Å². The number of aryl methyl sites for hydroxylation is 2. The van der Waals surface area contributed by atoms with Gasteiger partial charge in [0, 0.05) is 6.54 Å². The third-order valence-electron chi connectivity index (χ3n) is 7.63. The van der Waals surface area contributed by atoms with Crippen LogP contribution >= 0.6 is 0 Å². The van der Waals surface area contributed by atoms with E-state index >= 15 is 0 Å². The Kier molecular flexibility index (Phi) is 9.24. The summed E-state index contributed by atoms with van der Waals surface area (Å²) in [6.07, 6.45) is -7.41. The van der Waals surface area contributed by atoms with Crippen molar-refractivity contribution in [2.75, 3.05) is 6.54 Å². The summed E-state index contributed by atoms with van der Waals surface area (Å²) in [7, 11) is 0. The van der Waals surface area contributed by atoms with Crippen LogP contribution in [0.2, 0.25) is 0 Å². The molecule has 1 saturated heterocycles. The van der Waals surface area contributed by atoms with Gasteiger partial charge in [-0.25, -0.2) is 0 Å². The van der Waals surface area contributed by atoms with Crippen molar-refractivity contribution in [1.29, 1.82) is 0 Å². The van der Waals surface area contributed by atoms with Crippen LogP contribution in [0.3, 0.4) is 0 Å². The van der Waals surface area contributed by atoms with Crippen molar-refractivity contribution in [2.24, 2.45) is 5.92 Å². The van der Waals surface area contributed by atoms with Gasteiger partial charge in [-0.05, 0) is 55.4 Å². The number of carbonyl (C=O) groups is 3. The van der Waals surface area contributed by atoms with Crippen LogP contribution in [0.4, 0.5) is 13.2 Å². The van der Waals surface area contributed by atoms with Crippen molar-refractivity contribution in [3.05, 3.63) is 65.0 Å². The van der Waals surface area contributed by atoms with Crippen molar-refractivity contribution >= 4 is 28.5 Å². The van der Waals surface area contributed by atoms with Crippen molar-refractivity contribution in [3.63, 3.8) is 0 Å². The third kappa shape index (κ3) is 6.75. The topological polar surface area (TPSA) is 125 Å². The third-order valence-corrected chi connectivity index (χ3v) is 7.63. The molecule has 3 amide bonds. The summed E-state index contributed by atoms with van der Waals surface area (Å²) in [6.45, 7) is 6.84. The van der Waals surface area contributed by atoms with Crippen LogP contribution in [0.15, 0.2) is 47.0 Å². The number of fused-ring (bicyclic) bond motifs is 1. The Balaban J connectivity index is 1.52. The van der Waals surface area contributed by atoms with Gasteiger partial charge < -0.3 is 25.2 Å². The largest absolute Gasteiger partial charge is 0.416 e. The first-order chi connectivity index (χ1) is 19.8. The predicted molar refractivity (Wildman–Crippen MR) is 148 cm³/mol. The monoisotopic (exact) mass is 588 g/mol. The van der Waals surface area contributed by atoms with Crippen LogP contribution in [0.5, 0.6) is 0 Å². The smallest absolute Gasteiger partial charge is 0.382 e. The number of rotatable bonds is 9. The minimum Gasteiger partial charge on any atom is -0.382 e. The highest BCUT2D eigenvalue weighted by Crippen LogP contribution is 2.27. The van der Waals surface area contributed by atoms with Crippen LogP contribution in [-0.4, -0.2) is 69.8 Å². The molecule has 3 aromatic rings. The number of aromatic nitrogens is 1. The second-order valence-corrected chi connectivity index (χ2v) is 11.1. The second kappa shape index (κ2) is 12.5. The van der Waals surface area contributed by atoms with Crippen molar-refractivity contribution < 1.29 is 37.2 Å². The number of halogens is 3. The number of hydrogen-bond donors (Lipinski definition) is 3. The van der Waals surface area contributed by atoms with E-state index in [2.05, 4.69) is 15.8 Å². The number of nitrogens with zero attached hydrogens (tertiary/aromatic N) is 2. The number of benzene rings is 2. The van der Waals surface area contributed by atoms with Gasteiger partial charge >= 0.3 is 6.18 Å². The zero-order valence-corrected chi connectivity index (χ0v) is 23.9. The normalized spacial score (nSPS) is 17.7. The number of carbonyl (C=O) groups excluding carboxylic acids is 3. The van der Waals surface area contributed by atoms with Gasteiger partial charge in [0.2, 0.25) is 11.8 Å². The SMILES string of the molecule is Cc1noc(C)c1C(=O)N[C@H](C(=O)N1CCC[C@H]1C(=O)N[C@@H](Cc1ccc2ccccc2c1)[C@H](O)C(F)(F)F)C(C)C. The molecule has 0 bridgehead atoms. The van der Waals surface area contributed by atoms with Crippen LogP contribution in [0.1, 0.15) is 54.1 Å². The van der Waals surface area contributed by atoms with E-state index in [-0.39, 0.29) is 30.9 Å². The van der Waals surface area contributed by atoms with Gasteiger partial charge in [0.15, 0.2) is 6.10 Å². The minimum absolute atomic E-state index is 0.193. The van der Waals surface area contributed by atoms with E-state index in [1.807, 2.05) is 24.3 Å². The molecule has 1 aromatic heterocycles. The van der Waals surface area contributed by atoms with Gasteiger partial charge in [-0.1, -0.05) is 61.5 Å². The summed E-state index contributed by atoms with van der Waals surface area (Å²) in [5.74, 6) is -1.94. The van der Waals surface area contributed by atoms with E-state index < -0.39 is 48.1 Å². The zero-order chi connectivity index (χ0) is 30.8. The summed E-state index contributed by atoms with van der Waals surface area (Å²) in [6, 6.07) is 8.74. The fourth-order valence-corrected chi connectivity index (χ4v) is 5.38. The van der Waals surface area contributed by atoms with Crippen molar-refractivity contribution in [1.82, 2.24) is 20.7 Å².